The number of piperidine rings is 1. The van der Waals surface area contributed by atoms with Crippen LogP contribution in [-0.2, 0) is 0 Å². The van der Waals surface area contributed by atoms with Gasteiger partial charge in [0.15, 0.2) is 17.1 Å². The molecule has 1 fully saturated rings. The van der Waals surface area contributed by atoms with Crippen molar-refractivity contribution in [3.63, 3.8) is 0 Å². The smallest absolute Gasteiger partial charge is 0.231 e. The third kappa shape index (κ3) is 2.71. The molecule has 9 nitrogen and oxygen atoms in total. The second-order valence-corrected chi connectivity index (χ2v) is 6.44. The van der Waals surface area contributed by atoms with Crippen molar-refractivity contribution in [3.8, 4) is 5.88 Å². The van der Waals surface area contributed by atoms with Crippen molar-refractivity contribution in [2.75, 3.05) is 24.6 Å². The zero-order valence-corrected chi connectivity index (χ0v) is 14.1. The molecule has 0 spiro atoms. The standard InChI is InChI=1S/C17H18N8O/c1-2-14(23-25-8-5-18-13(1)25)26-9-12-3-6-24(7-4-12)17-15-16(20-10-19-15)21-11-22-17/h1-2,5,8,10-12H,3-4,6-7,9H2,(H,19,20,21,22). The van der Waals surface area contributed by atoms with Gasteiger partial charge >= 0.3 is 0 Å². The number of aromatic amines is 1. The number of nitrogens with one attached hydrogen (secondary N) is 1. The molecular formula is C17H18N8O. The van der Waals surface area contributed by atoms with Crippen molar-refractivity contribution in [1.82, 2.24) is 34.5 Å². The van der Waals surface area contributed by atoms with Gasteiger partial charge in [0.1, 0.15) is 11.8 Å². The molecule has 0 radical (unpaired) electrons. The van der Waals surface area contributed by atoms with E-state index < -0.39 is 0 Å². The molecule has 0 bridgehead atoms. The maximum atomic E-state index is 5.90. The molecular weight excluding hydrogens is 332 g/mol. The quantitative estimate of drug-likeness (QED) is 0.598. The Labute approximate surface area is 149 Å². The summed E-state index contributed by atoms with van der Waals surface area (Å²) in [4.78, 5) is 22.4. The fraction of sp³-hybridized carbons (Fsp3) is 0.353. The molecule has 5 rings (SSSR count). The van der Waals surface area contributed by atoms with Gasteiger partial charge in [0.2, 0.25) is 5.88 Å². The van der Waals surface area contributed by atoms with Gasteiger partial charge in [-0.15, -0.1) is 5.10 Å². The second kappa shape index (κ2) is 6.25. The van der Waals surface area contributed by atoms with E-state index in [1.807, 2.05) is 18.3 Å². The van der Waals surface area contributed by atoms with Crippen LogP contribution in [0.5, 0.6) is 5.88 Å². The van der Waals surface area contributed by atoms with Crippen molar-refractivity contribution >= 4 is 22.6 Å². The van der Waals surface area contributed by atoms with Crippen molar-refractivity contribution in [1.29, 1.82) is 0 Å². The Morgan fingerprint density at radius 1 is 1.12 bits per heavy atom. The molecule has 0 atom stereocenters. The van der Waals surface area contributed by atoms with Crippen LogP contribution >= 0.6 is 0 Å². The van der Waals surface area contributed by atoms with Gasteiger partial charge in [-0.05, 0) is 24.8 Å². The molecule has 1 N–H and O–H groups in total. The fourth-order valence-corrected chi connectivity index (χ4v) is 3.38. The lowest BCUT2D eigenvalue weighted by Crippen LogP contribution is -2.36. The Morgan fingerprint density at radius 3 is 2.96 bits per heavy atom. The highest BCUT2D eigenvalue weighted by Gasteiger charge is 2.23. The normalized spacial score (nSPS) is 15.8. The number of anilines is 1. The lowest BCUT2D eigenvalue weighted by Gasteiger charge is -2.32. The number of aromatic nitrogens is 7. The molecule has 26 heavy (non-hydrogen) atoms. The summed E-state index contributed by atoms with van der Waals surface area (Å²) in [5.74, 6) is 2.07. The summed E-state index contributed by atoms with van der Waals surface area (Å²) in [5, 5.41) is 4.40. The SMILES string of the molecule is c1nc(N2CCC(COc3ccc4nccn4n3)CC2)c2[nH]cnc2n1. The van der Waals surface area contributed by atoms with Gasteiger partial charge in [-0.2, -0.15) is 0 Å². The molecule has 1 aliphatic rings. The first-order valence-corrected chi connectivity index (χ1v) is 8.69. The largest absolute Gasteiger partial charge is 0.476 e. The first kappa shape index (κ1) is 15.1. The van der Waals surface area contributed by atoms with E-state index in [2.05, 4.69) is 34.9 Å². The summed E-state index contributed by atoms with van der Waals surface area (Å²) in [5.41, 5.74) is 2.43. The Bertz CT molecular complexity index is 1030. The van der Waals surface area contributed by atoms with Crippen LogP contribution in [0.1, 0.15) is 12.8 Å². The Balaban J connectivity index is 1.21. The maximum absolute atomic E-state index is 5.90. The summed E-state index contributed by atoms with van der Waals surface area (Å²) in [6.45, 7) is 2.55. The van der Waals surface area contributed by atoms with E-state index >= 15 is 0 Å². The number of H-pyrrole nitrogens is 1. The first-order valence-electron chi connectivity index (χ1n) is 8.69. The molecule has 0 aromatic carbocycles. The molecule has 4 aromatic heterocycles. The summed E-state index contributed by atoms with van der Waals surface area (Å²) in [7, 11) is 0. The predicted octanol–water partition coefficient (Wildman–Crippen LogP) is 1.69. The van der Waals surface area contributed by atoms with E-state index in [9.17, 15) is 0 Å². The fourth-order valence-electron chi connectivity index (χ4n) is 3.38. The molecule has 0 unspecified atom stereocenters. The summed E-state index contributed by atoms with van der Waals surface area (Å²) < 4.78 is 7.63. The number of nitrogens with zero attached hydrogens (tertiary/aromatic N) is 7. The Morgan fingerprint density at radius 2 is 2.04 bits per heavy atom. The topological polar surface area (TPSA) is 97.1 Å². The lowest BCUT2D eigenvalue weighted by atomic mass is 9.98. The van der Waals surface area contributed by atoms with Crippen LogP contribution < -0.4 is 9.64 Å². The zero-order chi connectivity index (χ0) is 17.3. The highest BCUT2D eigenvalue weighted by molar-refractivity contribution is 5.82. The van der Waals surface area contributed by atoms with Gasteiger partial charge in [0, 0.05) is 31.5 Å². The van der Waals surface area contributed by atoms with Crippen molar-refractivity contribution < 1.29 is 4.74 Å². The van der Waals surface area contributed by atoms with Crippen molar-refractivity contribution in [2.24, 2.45) is 5.92 Å². The molecule has 1 aliphatic heterocycles. The summed E-state index contributed by atoms with van der Waals surface area (Å²) in [6.07, 6.45) is 8.88. The number of hydrogen-bond acceptors (Lipinski definition) is 7. The zero-order valence-electron chi connectivity index (χ0n) is 14.1. The average molecular weight is 350 g/mol. The van der Waals surface area contributed by atoms with E-state index in [4.69, 9.17) is 4.74 Å². The van der Waals surface area contributed by atoms with Crippen LogP contribution in [0.4, 0.5) is 5.82 Å². The summed E-state index contributed by atoms with van der Waals surface area (Å²) >= 11 is 0. The molecule has 0 saturated carbocycles. The number of imidazole rings is 2. The van der Waals surface area contributed by atoms with Gasteiger partial charge in [0.05, 0.1) is 12.9 Å². The monoisotopic (exact) mass is 350 g/mol. The van der Waals surface area contributed by atoms with Gasteiger partial charge in [-0.25, -0.2) is 24.5 Å². The van der Waals surface area contributed by atoms with Crippen LogP contribution in [0.15, 0.2) is 37.2 Å². The highest BCUT2D eigenvalue weighted by Crippen LogP contribution is 2.26. The first-order chi connectivity index (χ1) is 12.9. The second-order valence-electron chi connectivity index (χ2n) is 6.44. The minimum atomic E-state index is 0.505. The number of hydrogen-bond donors (Lipinski definition) is 1. The van der Waals surface area contributed by atoms with Crippen molar-refractivity contribution in [3.05, 3.63) is 37.2 Å². The van der Waals surface area contributed by atoms with Crippen molar-refractivity contribution in [2.45, 2.75) is 12.8 Å². The highest BCUT2D eigenvalue weighted by atomic mass is 16.5. The third-order valence-corrected chi connectivity index (χ3v) is 4.81. The van der Waals surface area contributed by atoms with Crippen LogP contribution in [0.25, 0.3) is 16.8 Å². The Kier molecular flexibility index (Phi) is 3.62. The molecule has 5 heterocycles. The van der Waals surface area contributed by atoms with Gasteiger partial charge in [0.25, 0.3) is 0 Å². The van der Waals surface area contributed by atoms with Crippen LogP contribution in [-0.4, -0.2) is 54.2 Å². The molecule has 0 amide bonds. The van der Waals surface area contributed by atoms with Gasteiger partial charge < -0.3 is 14.6 Å². The minimum Gasteiger partial charge on any atom is -0.476 e. The van der Waals surface area contributed by atoms with Crippen LogP contribution in [0, 0.1) is 5.92 Å². The Hall–Kier alpha value is -3.23. The maximum Gasteiger partial charge on any atom is 0.231 e. The molecule has 0 aliphatic carbocycles. The van der Waals surface area contributed by atoms with Crippen LogP contribution in [0.2, 0.25) is 0 Å². The lowest BCUT2D eigenvalue weighted by molar-refractivity contribution is 0.213. The predicted molar refractivity (Wildman–Crippen MR) is 95.1 cm³/mol. The summed E-state index contributed by atoms with van der Waals surface area (Å²) in [6, 6.07) is 3.78. The van der Waals surface area contributed by atoms with E-state index in [0.29, 0.717) is 24.1 Å². The minimum absolute atomic E-state index is 0.505. The number of fused-ring (bicyclic) bond motifs is 2. The molecule has 9 heteroatoms. The van der Waals surface area contributed by atoms with E-state index in [1.165, 1.54) is 0 Å². The third-order valence-electron chi connectivity index (χ3n) is 4.81. The van der Waals surface area contributed by atoms with Crippen LogP contribution in [0.3, 0.4) is 0 Å². The van der Waals surface area contributed by atoms with Gasteiger partial charge in [-0.3, -0.25) is 0 Å². The number of ether oxygens (including phenoxy) is 1. The van der Waals surface area contributed by atoms with Gasteiger partial charge in [-0.1, -0.05) is 0 Å². The molecule has 1 saturated heterocycles. The van der Waals surface area contributed by atoms with E-state index in [0.717, 1.165) is 42.9 Å². The number of rotatable bonds is 4. The average Bonchev–Trinajstić information content (AvgIpc) is 3.35. The van der Waals surface area contributed by atoms with E-state index in [-0.39, 0.29) is 0 Å². The molecule has 4 aromatic rings. The molecule has 132 valence electrons. The van der Waals surface area contributed by atoms with E-state index in [1.54, 1.807) is 23.4 Å².